The number of likely N-dealkylation sites (N-methyl/N-ethyl adjacent to an activating group) is 1. The highest BCUT2D eigenvalue weighted by atomic mass is 35.5. The predicted molar refractivity (Wildman–Crippen MR) is 144 cm³/mol. The van der Waals surface area contributed by atoms with E-state index >= 15 is 0 Å². The second-order valence-electron chi connectivity index (χ2n) is 9.36. The molecule has 0 aromatic heterocycles. The molecule has 2 aromatic rings. The molecular formula is C27H36ClN3O5S. The van der Waals surface area contributed by atoms with Gasteiger partial charge in [-0.1, -0.05) is 49.9 Å². The van der Waals surface area contributed by atoms with E-state index in [1.165, 1.54) is 42.6 Å². The van der Waals surface area contributed by atoms with Crippen LogP contribution in [0.25, 0.3) is 0 Å². The fraction of sp³-hybridized carbons (Fsp3) is 0.481. The third kappa shape index (κ3) is 7.69. The van der Waals surface area contributed by atoms with Crippen molar-refractivity contribution >= 4 is 33.4 Å². The van der Waals surface area contributed by atoms with E-state index < -0.39 is 28.5 Å². The number of carbonyl (C=O) groups excluding carboxylic acids is 2. The minimum atomic E-state index is -3.94. The molecule has 1 fully saturated rings. The summed E-state index contributed by atoms with van der Waals surface area (Å²) in [5.41, 5.74) is 0.778. The molecule has 10 heteroatoms. The summed E-state index contributed by atoms with van der Waals surface area (Å²) in [5, 5.41) is 3.54. The number of sulfonamides is 1. The third-order valence-electron chi connectivity index (χ3n) is 6.70. The Hall–Kier alpha value is -2.62. The number of hydrogen-bond donors (Lipinski definition) is 1. The number of benzene rings is 2. The van der Waals surface area contributed by atoms with Crippen molar-refractivity contribution in [2.45, 2.75) is 69.0 Å². The van der Waals surface area contributed by atoms with Crippen molar-refractivity contribution in [1.29, 1.82) is 0 Å². The number of ether oxygens (including phenoxy) is 1. The Morgan fingerprint density at radius 1 is 1.11 bits per heavy atom. The standard InChI is InChI=1S/C27H36ClN3O5S/c1-4-25(27(33)29-22-10-6-5-7-11-22)31(18-20-9-8-12-23(17-20)36-3)26(32)19-30(2)37(34,35)24-15-13-21(28)14-16-24/h8-9,12-17,22,25H,4-7,10-11,18-19H2,1-3H3,(H,29,33)/t25-/m0/s1. The van der Waals surface area contributed by atoms with Crippen LogP contribution in [0.1, 0.15) is 51.0 Å². The molecule has 0 saturated heterocycles. The maximum absolute atomic E-state index is 13.6. The average Bonchev–Trinajstić information content (AvgIpc) is 2.89. The van der Waals surface area contributed by atoms with Crippen molar-refractivity contribution < 1.29 is 22.7 Å². The lowest BCUT2D eigenvalue weighted by Gasteiger charge is -2.33. The molecule has 8 nitrogen and oxygen atoms in total. The average molecular weight is 550 g/mol. The minimum absolute atomic E-state index is 0.0358. The zero-order chi connectivity index (χ0) is 27.0. The van der Waals surface area contributed by atoms with E-state index in [0.717, 1.165) is 35.6 Å². The molecule has 3 rings (SSSR count). The molecule has 0 heterocycles. The van der Waals surface area contributed by atoms with Crippen LogP contribution in [0.4, 0.5) is 0 Å². The normalized spacial score (nSPS) is 15.3. The molecule has 0 spiro atoms. The Bertz CT molecular complexity index is 1170. The Balaban J connectivity index is 1.85. The smallest absolute Gasteiger partial charge is 0.243 e. The van der Waals surface area contributed by atoms with Crippen molar-refractivity contribution in [2.24, 2.45) is 0 Å². The van der Waals surface area contributed by atoms with E-state index in [0.29, 0.717) is 17.2 Å². The van der Waals surface area contributed by atoms with Crippen LogP contribution in [0.3, 0.4) is 0 Å². The highest BCUT2D eigenvalue weighted by Gasteiger charge is 2.33. The number of carbonyl (C=O) groups is 2. The zero-order valence-corrected chi connectivity index (χ0v) is 23.2. The van der Waals surface area contributed by atoms with Crippen molar-refractivity contribution in [2.75, 3.05) is 20.7 Å². The topological polar surface area (TPSA) is 96.0 Å². The number of rotatable bonds is 11. The van der Waals surface area contributed by atoms with Crippen molar-refractivity contribution in [1.82, 2.24) is 14.5 Å². The Kier molecular flexibility index (Phi) is 10.4. The first-order valence-electron chi connectivity index (χ1n) is 12.6. The summed E-state index contributed by atoms with van der Waals surface area (Å²) in [6, 6.07) is 12.4. The van der Waals surface area contributed by atoms with Gasteiger partial charge in [0.05, 0.1) is 18.6 Å². The molecule has 0 aliphatic heterocycles. The number of hydrogen-bond acceptors (Lipinski definition) is 5. The highest BCUT2D eigenvalue weighted by molar-refractivity contribution is 7.89. The van der Waals surface area contributed by atoms with Gasteiger partial charge in [0.1, 0.15) is 11.8 Å². The van der Waals surface area contributed by atoms with Gasteiger partial charge in [-0.05, 0) is 61.2 Å². The molecule has 2 amide bonds. The Labute approximate surface area is 225 Å². The first-order valence-corrected chi connectivity index (χ1v) is 14.4. The molecule has 0 radical (unpaired) electrons. The highest BCUT2D eigenvalue weighted by Crippen LogP contribution is 2.22. The quantitative estimate of drug-likeness (QED) is 0.452. The van der Waals surface area contributed by atoms with Crippen LogP contribution in [-0.4, -0.2) is 62.2 Å². The Morgan fingerprint density at radius 2 is 1.78 bits per heavy atom. The molecule has 1 N–H and O–H groups in total. The van der Waals surface area contributed by atoms with Crippen LogP contribution in [0.5, 0.6) is 5.75 Å². The van der Waals surface area contributed by atoms with Gasteiger partial charge in [-0.15, -0.1) is 0 Å². The fourth-order valence-electron chi connectivity index (χ4n) is 4.58. The SMILES string of the molecule is CC[C@@H](C(=O)NC1CCCCC1)N(Cc1cccc(OC)c1)C(=O)CN(C)S(=O)(=O)c1ccc(Cl)cc1. The van der Waals surface area contributed by atoms with Crippen LogP contribution in [0, 0.1) is 0 Å². The van der Waals surface area contributed by atoms with Gasteiger partial charge >= 0.3 is 0 Å². The number of halogens is 1. The van der Waals surface area contributed by atoms with Gasteiger partial charge in [0.15, 0.2) is 0 Å². The van der Waals surface area contributed by atoms with Crippen LogP contribution in [0.15, 0.2) is 53.4 Å². The van der Waals surface area contributed by atoms with Crippen molar-refractivity contribution in [3.8, 4) is 5.75 Å². The summed E-state index contributed by atoms with van der Waals surface area (Å²) >= 11 is 5.90. The molecule has 1 atom stereocenters. The second kappa shape index (κ2) is 13.3. The summed E-state index contributed by atoms with van der Waals surface area (Å²) in [6.45, 7) is 1.58. The van der Waals surface area contributed by atoms with Gasteiger partial charge in [0.25, 0.3) is 0 Å². The first kappa shape index (κ1) is 28.9. The van der Waals surface area contributed by atoms with Gasteiger partial charge in [0, 0.05) is 24.7 Å². The van der Waals surface area contributed by atoms with Crippen molar-refractivity contribution in [3.63, 3.8) is 0 Å². The number of methoxy groups -OCH3 is 1. The monoisotopic (exact) mass is 549 g/mol. The lowest BCUT2D eigenvalue weighted by molar-refractivity contribution is -0.141. The van der Waals surface area contributed by atoms with Gasteiger partial charge in [0.2, 0.25) is 21.8 Å². The van der Waals surface area contributed by atoms with E-state index in [-0.39, 0.29) is 23.4 Å². The van der Waals surface area contributed by atoms with E-state index in [1.54, 1.807) is 19.2 Å². The van der Waals surface area contributed by atoms with Crippen LogP contribution < -0.4 is 10.1 Å². The second-order valence-corrected chi connectivity index (χ2v) is 11.8. The Morgan fingerprint density at radius 3 is 2.41 bits per heavy atom. The minimum Gasteiger partial charge on any atom is -0.497 e. The van der Waals surface area contributed by atoms with E-state index in [4.69, 9.17) is 16.3 Å². The lowest BCUT2D eigenvalue weighted by Crippen LogP contribution is -2.53. The number of nitrogens with one attached hydrogen (secondary N) is 1. The van der Waals surface area contributed by atoms with Gasteiger partial charge in [-0.3, -0.25) is 9.59 Å². The summed E-state index contributed by atoms with van der Waals surface area (Å²) in [6.07, 6.45) is 5.55. The van der Waals surface area contributed by atoms with Crippen LogP contribution in [0.2, 0.25) is 5.02 Å². The maximum Gasteiger partial charge on any atom is 0.243 e. The molecule has 1 aliphatic carbocycles. The van der Waals surface area contributed by atoms with Gasteiger partial charge < -0.3 is 15.0 Å². The largest absolute Gasteiger partial charge is 0.497 e. The summed E-state index contributed by atoms with van der Waals surface area (Å²) in [7, 11) is -1.02. The number of amides is 2. The van der Waals surface area contributed by atoms with E-state index in [1.807, 2.05) is 19.1 Å². The third-order valence-corrected chi connectivity index (χ3v) is 8.77. The van der Waals surface area contributed by atoms with Crippen LogP contribution in [-0.2, 0) is 26.2 Å². The zero-order valence-electron chi connectivity index (χ0n) is 21.7. The molecular weight excluding hydrogens is 514 g/mol. The van der Waals surface area contributed by atoms with Gasteiger partial charge in [-0.25, -0.2) is 8.42 Å². The van der Waals surface area contributed by atoms with E-state index in [9.17, 15) is 18.0 Å². The summed E-state index contributed by atoms with van der Waals surface area (Å²) in [5.74, 6) is -0.0469. The predicted octanol–water partition coefficient (Wildman–Crippen LogP) is 4.23. The first-order chi connectivity index (χ1) is 17.6. The fourth-order valence-corrected chi connectivity index (χ4v) is 5.83. The molecule has 0 unspecified atom stereocenters. The lowest BCUT2D eigenvalue weighted by atomic mass is 9.95. The summed E-state index contributed by atoms with van der Waals surface area (Å²) < 4.78 is 32.5. The number of nitrogens with zero attached hydrogens (tertiary/aromatic N) is 2. The van der Waals surface area contributed by atoms with Crippen LogP contribution >= 0.6 is 11.6 Å². The molecule has 202 valence electrons. The molecule has 1 aliphatic rings. The maximum atomic E-state index is 13.6. The molecule has 1 saturated carbocycles. The molecule has 0 bridgehead atoms. The van der Waals surface area contributed by atoms with Gasteiger partial charge in [-0.2, -0.15) is 4.31 Å². The molecule has 37 heavy (non-hydrogen) atoms. The van der Waals surface area contributed by atoms with Crippen molar-refractivity contribution in [3.05, 3.63) is 59.1 Å². The molecule has 2 aromatic carbocycles. The van der Waals surface area contributed by atoms with E-state index in [2.05, 4.69) is 5.32 Å². The summed E-state index contributed by atoms with van der Waals surface area (Å²) in [4.78, 5) is 28.5.